The maximum Gasteiger partial charge on any atom is 0.0390 e. The minimum Gasteiger partial charge on any atom is -0.356 e. The van der Waals surface area contributed by atoms with E-state index in [0.717, 1.165) is 11.4 Å². The fourth-order valence-electron chi connectivity index (χ4n) is 3.58. The number of benzene rings is 5. The molecule has 0 atom stereocenters. The van der Waals surface area contributed by atoms with Crippen LogP contribution in [0.25, 0.3) is 32.3 Å². The Hall–Kier alpha value is -3.32. The van der Waals surface area contributed by atoms with Crippen molar-refractivity contribution in [2.45, 2.75) is 0 Å². The molecule has 5 rings (SSSR count). The molecule has 0 aliphatic heterocycles. The second kappa shape index (κ2) is 5.64. The van der Waals surface area contributed by atoms with E-state index in [9.17, 15) is 0 Å². The first-order valence-electron chi connectivity index (χ1n) is 8.55. The number of hydrogen-bond acceptors (Lipinski definition) is 1. The molecule has 5 aromatic rings. The van der Waals surface area contributed by atoms with Gasteiger partial charge in [-0.2, -0.15) is 0 Å². The molecular formula is C24H17N. The van der Waals surface area contributed by atoms with Crippen LogP contribution in [0.15, 0.2) is 97.1 Å². The summed E-state index contributed by atoms with van der Waals surface area (Å²) in [6, 6.07) is 34.4. The molecule has 0 aromatic heterocycles. The molecule has 25 heavy (non-hydrogen) atoms. The normalized spacial score (nSPS) is 11.2. The summed E-state index contributed by atoms with van der Waals surface area (Å²) in [5.41, 5.74) is 2.21. The number of anilines is 2. The number of rotatable bonds is 2. The highest BCUT2D eigenvalue weighted by Crippen LogP contribution is 2.33. The Balaban J connectivity index is 1.73. The number of fused-ring (bicyclic) bond motifs is 5. The highest BCUT2D eigenvalue weighted by atomic mass is 14.9. The van der Waals surface area contributed by atoms with Crippen LogP contribution in [0, 0.1) is 0 Å². The van der Waals surface area contributed by atoms with E-state index < -0.39 is 0 Å². The summed E-state index contributed by atoms with van der Waals surface area (Å²) in [6.07, 6.45) is 0. The Morgan fingerprint density at radius 2 is 1.04 bits per heavy atom. The first kappa shape index (κ1) is 14.1. The van der Waals surface area contributed by atoms with Gasteiger partial charge in [-0.3, -0.25) is 0 Å². The van der Waals surface area contributed by atoms with E-state index in [4.69, 9.17) is 0 Å². The summed E-state index contributed by atoms with van der Waals surface area (Å²) < 4.78 is 0. The fraction of sp³-hybridized carbons (Fsp3) is 0. The molecule has 118 valence electrons. The van der Waals surface area contributed by atoms with Crippen molar-refractivity contribution >= 4 is 43.7 Å². The van der Waals surface area contributed by atoms with Crippen molar-refractivity contribution in [2.75, 3.05) is 5.32 Å². The second-order valence-electron chi connectivity index (χ2n) is 6.37. The molecule has 0 saturated carbocycles. The van der Waals surface area contributed by atoms with Crippen molar-refractivity contribution in [2.24, 2.45) is 0 Å². The van der Waals surface area contributed by atoms with Crippen LogP contribution in [-0.4, -0.2) is 0 Å². The lowest BCUT2D eigenvalue weighted by molar-refractivity contribution is 1.57. The minimum atomic E-state index is 1.10. The summed E-state index contributed by atoms with van der Waals surface area (Å²) in [6.45, 7) is 0. The maximum atomic E-state index is 3.50. The van der Waals surface area contributed by atoms with Crippen LogP contribution in [0.4, 0.5) is 11.4 Å². The molecule has 0 heterocycles. The molecule has 0 spiro atoms. The quantitative estimate of drug-likeness (QED) is 0.349. The molecule has 0 bridgehead atoms. The molecule has 0 radical (unpaired) electrons. The average Bonchev–Trinajstić information content (AvgIpc) is 2.68. The van der Waals surface area contributed by atoms with Gasteiger partial charge >= 0.3 is 0 Å². The molecule has 0 aliphatic rings. The van der Waals surface area contributed by atoms with Crippen LogP contribution >= 0.6 is 0 Å². The van der Waals surface area contributed by atoms with Gasteiger partial charge in [0.15, 0.2) is 0 Å². The molecule has 5 aromatic carbocycles. The van der Waals surface area contributed by atoms with Gasteiger partial charge in [0, 0.05) is 11.4 Å². The van der Waals surface area contributed by atoms with Crippen LogP contribution in [-0.2, 0) is 0 Å². The van der Waals surface area contributed by atoms with Gasteiger partial charge in [-0.05, 0) is 56.6 Å². The zero-order valence-corrected chi connectivity index (χ0v) is 13.7. The summed E-state index contributed by atoms with van der Waals surface area (Å²) in [4.78, 5) is 0. The molecule has 0 unspecified atom stereocenters. The maximum absolute atomic E-state index is 3.50. The van der Waals surface area contributed by atoms with Crippen molar-refractivity contribution in [3.8, 4) is 0 Å². The molecule has 1 heteroatoms. The topological polar surface area (TPSA) is 12.0 Å². The van der Waals surface area contributed by atoms with Gasteiger partial charge in [-0.25, -0.2) is 0 Å². The minimum absolute atomic E-state index is 1.10. The Labute approximate surface area is 146 Å². The average molecular weight is 319 g/mol. The van der Waals surface area contributed by atoms with Crippen LogP contribution in [0.1, 0.15) is 0 Å². The van der Waals surface area contributed by atoms with Gasteiger partial charge < -0.3 is 5.32 Å². The predicted octanol–water partition coefficient (Wildman–Crippen LogP) is 6.89. The number of para-hydroxylation sites is 1. The molecule has 1 N–H and O–H groups in total. The van der Waals surface area contributed by atoms with Crippen molar-refractivity contribution in [1.29, 1.82) is 0 Å². The van der Waals surface area contributed by atoms with Gasteiger partial charge in [-0.1, -0.05) is 72.8 Å². The van der Waals surface area contributed by atoms with E-state index in [0.29, 0.717) is 0 Å². The summed E-state index contributed by atoms with van der Waals surface area (Å²) in [5.74, 6) is 0. The fourth-order valence-corrected chi connectivity index (χ4v) is 3.58. The summed E-state index contributed by atoms with van der Waals surface area (Å²) in [5, 5.41) is 11.2. The Bertz CT molecular complexity index is 1210. The lowest BCUT2D eigenvalue weighted by atomic mass is 9.97. The van der Waals surface area contributed by atoms with Gasteiger partial charge in [-0.15, -0.1) is 0 Å². The van der Waals surface area contributed by atoms with E-state index in [1.807, 2.05) is 18.2 Å². The van der Waals surface area contributed by atoms with Crippen LogP contribution < -0.4 is 5.32 Å². The predicted molar refractivity (Wildman–Crippen MR) is 109 cm³/mol. The lowest BCUT2D eigenvalue weighted by Crippen LogP contribution is -1.90. The molecule has 0 saturated heterocycles. The van der Waals surface area contributed by atoms with E-state index in [-0.39, 0.29) is 0 Å². The van der Waals surface area contributed by atoms with E-state index in [1.165, 1.54) is 32.3 Å². The van der Waals surface area contributed by atoms with Gasteiger partial charge in [0.1, 0.15) is 0 Å². The molecule has 0 fully saturated rings. The monoisotopic (exact) mass is 319 g/mol. The smallest absolute Gasteiger partial charge is 0.0390 e. The number of nitrogens with one attached hydrogen (secondary N) is 1. The Morgan fingerprint density at radius 1 is 0.400 bits per heavy atom. The Kier molecular flexibility index (Phi) is 3.17. The third-order valence-corrected chi connectivity index (χ3v) is 4.81. The van der Waals surface area contributed by atoms with Crippen molar-refractivity contribution in [3.05, 3.63) is 97.1 Å². The van der Waals surface area contributed by atoms with Crippen LogP contribution in [0.5, 0.6) is 0 Å². The van der Waals surface area contributed by atoms with Gasteiger partial charge in [0.25, 0.3) is 0 Å². The lowest BCUT2D eigenvalue weighted by Gasteiger charge is -2.11. The zero-order valence-electron chi connectivity index (χ0n) is 13.7. The SMILES string of the molecule is c1ccc(Nc2ccc3ccc4c5ccccc5ccc4c3c2)cc1. The first-order chi connectivity index (χ1) is 12.4. The standard InChI is InChI=1S/C24H17N/c1-2-7-19(8-3-1)25-20-13-10-18-12-14-22-21-9-5-4-6-17(21)11-15-23(22)24(18)16-20/h1-16,25H. The summed E-state index contributed by atoms with van der Waals surface area (Å²) in [7, 11) is 0. The summed E-state index contributed by atoms with van der Waals surface area (Å²) >= 11 is 0. The van der Waals surface area contributed by atoms with E-state index in [1.54, 1.807) is 0 Å². The van der Waals surface area contributed by atoms with Crippen LogP contribution in [0.3, 0.4) is 0 Å². The van der Waals surface area contributed by atoms with Crippen molar-refractivity contribution < 1.29 is 0 Å². The van der Waals surface area contributed by atoms with Crippen molar-refractivity contribution in [1.82, 2.24) is 0 Å². The molecule has 0 amide bonds. The zero-order chi connectivity index (χ0) is 16.6. The van der Waals surface area contributed by atoms with Gasteiger partial charge in [0.2, 0.25) is 0 Å². The first-order valence-corrected chi connectivity index (χ1v) is 8.55. The third kappa shape index (κ3) is 2.41. The van der Waals surface area contributed by atoms with E-state index in [2.05, 4.69) is 84.2 Å². The highest BCUT2D eigenvalue weighted by Gasteiger charge is 2.05. The second-order valence-corrected chi connectivity index (χ2v) is 6.37. The third-order valence-electron chi connectivity index (χ3n) is 4.81. The largest absolute Gasteiger partial charge is 0.356 e. The molecule has 1 nitrogen and oxygen atoms in total. The Morgan fingerprint density at radius 3 is 1.88 bits per heavy atom. The molecule has 0 aliphatic carbocycles. The van der Waals surface area contributed by atoms with E-state index >= 15 is 0 Å². The highest BCUT2D eigenvalue weighted by molar-refractivity contribution is 6.17. The van der Waals surface area contributed by atoms with Crippen LogP contribution in [0.2, 0.25) is 0 Å². The number of hydrogen-bond donors (Lipinski definition) is 1. The van der Waals surface area contributed by atoms with Crippen molar-refractivity contribution in [3.63, 3.8) is 0 Å². The molecular weight excluding hydrogens is 302 g/mol. The van der Waals surface area contributed by atoms with Gasteiger partial charge in [0.05, 0.1) is 0 Å².